The summed E-state index contributed by atoms with van der Waals surface area (Å²) >= 11 is 6.14. The molecule has 16 heavy (non-hydrogen) atoms. The molecule has 0 bridgehead atoms. The molecule has 2 N–H and O–H groups in total. The zero-order chi connectivity index (χ0) is 11.5. The van der Waals surface area contributed by atoms with Crippen molar-refractivity contribution in [2.45, 2.75) is 44.4 Å². The maximum Gasteiger partial charge on any atom is 0.0693 e. The molecule has 0 heterocycles. The lowest BCUT2D eigenvalue weighted by molar-refractivity contribution is 0.144. The highest BCUT2D eigenvalue weighted by atomic mass is 35.5. The summed E-state index contributed by atoms with van der Waals surface area (Å²) in [6.45, 7) is 2.09. The molecular weight excluding hydrogens is 222 g/mol. The van der Waals surface area contributed by atoms with E-state index in [-0.39, 0.29) is 18.2 Å². The molecule has 1 unspecified atom stereocenters. The standard InChI is InChI=1S/C13H18ClNO/c1-9(10-5-2-3-6-11(10)14)15-12-7-4-8-13(12)16/h2-3,5-6,9,12-13,15-16H,4,7-8H2,1H3/t9?,12-,13-/m0/s1. The highest BCUT2D eigenvalue weighted by molar-refractivity contribution is 6.31. The van der Waals surface area contributed by atoms with Crippen LogP contribution in [0.4, 0.5) is 0 Å². The number of hydrogen-bond acceptors (Lipinski definition) is 2. The molecule has 0 radical (unpaired) electrons. The fourth-order valence-electron chi connectivity index (χ4n) is 2.37. The number of halogens is 1. The van der Waals surface area contributed by atoms with Crippen LogP contribution in [0, 0.1) is 0 Å². The molecule has 2 rings (SSSR count). The van der Waals surface area contributed by atoms with Crippen LogP contribution < -0.4 is 5.32 Å². The van der Waals surface area contributed by atoms with Gasteiger partial charge in [-0.2, -0.15) is 0 Å². The Morgan fingerprint density at radius 1 is 1.38 bits per heavy atom. The van der Waals surface area contributed by atoms with Crippen molar-refractivity contribution in [2.24, 2.45) is 0 Å². The van der Waals surface area contributed by atoms with E-state index in [4.69, 9.17) is 11.6 Å². The van der Waals surface area contributed by atoms with Gasteiger partial charge in [0.15, 0.2) is 0 Å². The average molecular weight is 240 g/mol. The summed E-state index contributed by atoms with van der Waals surface area (Å²) in [7, 11) is 0. The van der Waals surface area contributed by atoms with Crippen LogP contribution in [0.25, 0.3) is 0 Å². The molecule has 1 aromatic carbocycles. The van der Waals surface area contributed by atoms with Gasteiger partial charge in [0.05, 0.1) is 6.10 Å². The largest absolute Gasteiger partial charge is 0.392 e. The van der Waals surface area contributed by atoms with E-state index >= 15 is 0 Å². The van der Waals surface area contributed by atoms with Crippen molar-refractivity contribution < 1.29 is 5.11 Å². The lowest BCUT2D eigenvalue weighted by Crippen LogP contribution is -2.37. The van der Waals surface area contributed by atoms with Crippen molar-refractivity contribution in [3.63, 3.8) is 0 Å². The van der Waals surface area contributed by atoms with Crippen LogP contribution in [0.15, 0.2) is 24.3 Å². The predicted molar refractivity (Wildman–Crippen MR) is 66.6 cm³/mol. The molecule has 1 fully saturated rings. The van der Waals surface area contributed by atoms with Gasteiger partial charge in [-0.1, -0.05) is 29.8 Å². The Kier molecular flexibility index (Phi) is 3.85. The SMILES string of the molecule is CC(N[C@H]1CCC[C@@H]1O)c1ccccc1Cl. The molecule has 0 aromatic heterocycles. The second-order valence-corrected chi connectivity index (χ2v) is 4.92. The van der Waals surface area contributed by atoms with E-state index in [2.05, 4.69) is 12.2 Å². The zero-order valence-corrected chi connectivity index (χ0v) is 10.2. The summed E-state index contributed by atoms with van der Waals surface area (Å²) in [5.41, 5.74) is 1.10. The fraction of sp³-hybridized carbons (Fsp3) is 0.538. The van der Waals surface area contributed by atoms with Crippen LogP contribution in [0.2, 0.25) is 5.02 Å². The molecule has 0 spiro atoms. The topological polar surface area (TPSA) is 32.3 Å². The van der Waals surface area contributed by atoms with Gasteiger partial charge in [-0.05, 0) is 37.8 Å². The first-order valence-electron chi connectivity index (χ1n) is 5.87. The molecule has 1 aliphatic rings. The van der Waals surface area contributed by atoms with E-state index < -0.39 is 0 Å². The number of aliphatic hydroxyl groups excluding tert-OH is 1. The summed E-state index contributed by atoms with van der Waals surface area (Å²) < 4.78 is 0. The van der Waals surface area contributed by atoms with Gasteiger partial charge in [0.1, 0.15) is 0 Å². The molecule has 3 heteroatoms. The minimum absolute atomic E-state index is 0.187. The number of hydrogen-bond donors (Lipinski definition) is 2. The smallest absolute Gasteiger partial charge is 0.0693 e. The predicted octanol–water partition coefficient (Wildman–Crippen LogP) is 2.90. The zero-order valence-electron chi connectivity index (χ0n) is 9.49. The highest BCUT2D eigenvalue weighted by Gasteiger charge is 2.26. The third-order valence-electron chi connectivity index (χ3n) is 3.32. The maximum atomic E-state index is 9.76. The number of nitrogens with one attached hydrogen (secondary N) is 1. The minimum Gasteiger partial charge on any atom is -0.392 e. The van der Waals surface area contributed by atoms with Crippen molar-refractivity contribution in [1.29, 1.82) is 0 Å². The number of aliphatic hydroxyl groups is 1. The van der Waals surface area contributed by atoms with Crippen LogP contribution in [-0.2, 0) is 0 Å². The minimum atomic E-state index is -0.204. The molecule has 1 aliphatic carbocycles. The molecule has 2 nitrogen and oxygen atoms in total. The highest BCUT2D eigenvalue weighted by Crippen LogP contribution is 2.26. The van der Waals surface area contributed by atoms with E-state index in [1.807, 2.05) is 24.3 Å². The molecule has 1 aromatic rings. The molecule has 0 aliphatic heterocycles. The van der Waals surface area contributed by atoms with Crippen LogP contribution in [-0.4, -0.2) is 17.3 Å². The first-order chi connectivity index (χ1) is 7.68. The van der Waals surface area contributed by atoms with Crippen molar-refractivity contribution >= 4 is 11.6 Å². The first kappa shape index (κ1) is 11.9. The summed E-state index contributed by atoms with van der Waals surface area (Å²) in [5.74, 6) is 0. The first-order valence-corrected chi connectivity index (χ1v) is 6.25. The number of benzene rings is 1. The summed E-state index contributed by atoms with van der Waals surface area (Å²) in [4.78, 5) is 0. The van der Waals surface area contributed by atoms with Gasteiger partial charge in [-0.25, -0.2) is 0 Å². The van der Waals surface area contributed by atoms with Crippen molar-refractivity contribution in [2.75, 3.05) is 0 Å². The second-order valence-electron chi connectivity index (χ2n) is 4.51. The third-order valence-corrected chi connectivity index (χ3v) is 3.66. The van der Waals surface area contributed by atoms with E-state index in [1.54, 1.807) is 0 Å². The molecule has 0 amide bonds. The lowest BCUT2D eigenvalue weighted by Gasteiger charge is -2.23. The summed E-state index contributed by atoms with van der Waals surface area (Å²) in [6.07, 6.45) is 2.86. The van der Waals surface area contributed by atoms with E-state index in [9.17, 15) is 5.11 Å². The average Bonchev–Trinajstić information content (AvgIpc) is 2.65. The normalized spacial score (nSPS) is 26.9. The van der Waals surface area contributed by atoms with Gasteiger partial charge < -0.3 is 10.4 Å². The van der Waals surface area contributed by atoms with Gasteiger partial charge in [0, 0.05) is 17.1 Å². The molecule has 1 saturated carbocycles. The van der Waals surface area contributed by atoms with Gasteiger partial charge in [-0.3, -0.25) is 0 Å². The van der Waals surface area contributed by atoms with Crippen molar-refractivity contribution in [3.05, 3.63) is 34.9 Å². The summed E-state index contributed by atoms with van der Waals surface area (Å²) in [6, 6.07) is 8.26. The Labute approximate surface area is 102 Å². The van der Waals surface area contributed by atoms with Gasteiger partial charge in [0.25, 0.3) is 0 Å². The molecule has 3 atom stereocenters. The van der Waals surface area contributed by atoms with Crippen LogP contribution in [0.5, 0.6) is 0 Å². The maximum absolute atomic E-state index is 9.76. The van der Waals surface area contributed by atoms with Gasteiger partial charge in [-0.15, -0.1) is 0 Å². The second kappa shape index (κ2) is 5.17. The van der Waals surface area contributed by atoms with Crippen LogP contribution in [0.3, 0.4) is 0 Å². The van der Waals surface area contributed by atoms with E-state index in [0.717, 1.165) is 29.8 Å². The van der Waals surface area contributed by atoms with Gasteiger partial charge >= 0.3 is 0 Å². The summed E-state index contributed by atoms with van der Waals surface area (Å²) in [5, 5.41) is 14.0. The monoisotopic (exact) mass is 239 g/mol. The van der Waals surface area contributed by atoms with Crippen molar-refractivity contribution in [1.82, 2.24) is 5.32 Å². The lowest BCUT2D eigenvalue weighted by atomic mass is 10.1. The van der Waals surface area contributed by atoms with E-state index in [1.165, 1.54) is 0 Å². The Morgan fingerprint density at radius 2 is 2.12 bits per heavy atom. The van der Waals surface area contributed by atoms with E-state index in [0.29, 0.717) is 0 Å². The molecule has 0 saturated heterocycles. The Balaban J connectivity index is 2.03. The fourth-order valence-corrected chi connectivity index (χ4v) is 2.67. The quantitative estimate of drug-likeness (QED) is 0.850. The third kappa shape index (κ3) is 2.57. The van der Waals surface area contributed by atoms with Gasteiger partial charge in [0.2, 0.25) is 0 Å². The number of rotatable bonds is 3. The Bertz CT molecular complexity index is 356. The molecule has 88 valence electrons. The van der Waals surface area contributed by atoms with Crippen LogP contribution in [0.1, 0.15) is 37.8 Å². The Morgan fingerprint density at radius 3 is 2.75 bits per heavy atom. The van der Waals surface area contributed by atoms with Crippen LogP contribution >= 0.6 is 11.6 Å². The molecular formula is C13H18ClNO. The van der Waals surface area contributed by atoms with Crippen molar-refractivity contribution in [3.8, 4) is 0 Å². The Hall–Kier alpha value is -0.570.